The average Bonchev–Trinajstić information content (AvgIpc) is 3.33. The van der Waals surface area contributed by atoms with Crippen LogP contribution in [0.1, 0.15) is 37.5 Å². The second kappa shape index (κ2) is 15.9. The summed E-state index contributed by atoms with van der Waals surface area (Å²) in [6.45, 7) is 8.92. The van der Waals surface area contributed by atoms with Gasteiger partial charge in [-0.1, -0.05) is 91.0 Å². The zero-order valence-corrected chi connectivity index (χ0v) is 25.8. The molecule has 0 bridgehead atoms. The van der Waals surface area contributed by atoms with Crippen LogP contribution in [0.25, 0.3) is 0 Å². The van der Waals surface area contributed by atoms with Gasteiger partial charge in [-0.2, -0.15) is 4.65 Å². The lowest BCUT2D eigenvalue weighted by Crippen LogP contribution is -2.47. The quantitative estimate of drug-likeness (QED) is 0.0866. The summed E-state index contributed by atoms with van der Waals surface area (Å²) in [5, 5.41) is 0. The lowest BCUT2D eigenvalue weighted by molar-refractivity contribution is -1.08. The lowest BCUT2D eigenvalue weighted by atomic mass is 10.1. The number of hydrogen-bond donors (Lipinski definition) is 1. The minimum absolute atomic E-state index is 0.0909. The zero-order valence-electron chi connectivity index (χ0n) is 24.9. The molecule has 1 fully saturated rings. The van der Waals surface area contributed by atoms with Gasteiger partial charge in [0, 0.05) is 5.56 Å². The summed E-state index contributed by atoms with van der Waals surface area (Å²) < 4.78 is 45.1. The number of rotatable bonds is 17. The predicted octanol–water partition coefficient (Wildman–Crippen LogP) is 6.13. The minimum Gasteiger partial charge on any atom is -0.368 e. The average molecular weight is 599 g/mol. The van der Waals surface area contributed by atoms with Crippen molar-refractivity contribution in [3.63, 3.8) is 0 Å². The van der Waals surface area contributed by atoms with Gasteiger partial charge in [0.05, 0.1) is 25.5 Å². The molecule has 0 saturated carbocycles. The van der Waals surface area contributed by atoms with E-state index >= 15 is 0 Å². The number of hydroxylamine groups is 3. The third-order valence-electron chi connectivity index (χ3n) is 7.81. The van der Waals surface area contributed by atoms with E-state index in [0.717, 1.165) is 16.7 Å². The van der Waals surface area contributed by atoms with Gasteiger partial charge in [-0.05, 0) is 31.9 Å². The van der Waals surface area contributed by atoms with E-state index in [1.807, 2.05) is 112 Å². The van der Waals surface area contributed by atoms with E-state index in [1.165, 1.54) is 0 Å². The van der Waals surface area contributed by atoms with E-state index < -0.39 is 32.0 Å². The Morgan fingerprint density at radius 1 is 0.738 bits per heavy atom. The lowest BCUT2D eigenvalue weighted by Gasteiger charge is -2.34. The Morgan fingerprint density at radius 3 is 1.67 bits per heavy atom. The van der Waals surface area contributed by atoms with E-state index in [2.05, 4.69) is 0 Å². The van der Waals surface area contributed by atoms with Gasteiger partial charge in [-0.15, -0.1) is 9.36 Å². The maximum absolute atomic E-state index is 13.6. The van der Waals surface area contributed by atoms with E-state index in [4.69, 9.17) is 23.6 Å². The first-order chi connectivity index (χ1) is 20.4. The number of benzene rings is 3. The van der Waals surface area contributed by atoms with Gasteiger partial charge in [0.2, 0.25) is 13.2 Å². The fourth-order valence-electron chi connectivity index (χ4n) is 5.26. The van der Waals surface area contributed by atoms with Crippen LogP contribution >= 0.6 is 7.60 Å². The first-order valence-corrected chi connectivity index (χ1v) is 16.6. The molecule has 1 unspecified atom stereocenters. The number of nitrogens with zero attached hydrogens (tertiary/aromatic N) is 1. The highest BCUT2D eigenvalue weighted by Gasteiger charge is 2.52. The van der Waals surface area contributed by atoms with Gasteiger partial charge in [0.1, 0.15) is 31.8 Å². The number of quaternary nitrogens is 1. The van der Waals surface area contributed by atoms with Crippen LogP contribution in [0.15, 0.2) is 91.0 Å². The van der Waals surface area contributed by atoms with Crippen molar-refractivity contribution in [1.29, 1.82) is 0 Å². The zero-order chi connectivity index (χ0) is 29.8. The fraction of sp³-hybridized carbons (Fsp3) is 0.455. The Balaban J connectivity index is 1.56. The highest BCUT2D eigenvalue weighted by Crippen LogP contribution is 2.48. The van der Waals surface area contributed by atoms with Gasteiger partial charge < -0.3 is 19.1 Å². The highest BCUT2D eigenvalue weighted by atomic mass is 31.2. The standard InChI is InChI=1S/C33H44NO7P/c1-4-34(5-2,6-3)41-42(35,36)26-31-33(39-24-29-20-14-9-15-21-29)32(38-23-28-18-12-8-13-19-28)30(40-31)25-37-22-27-16-10-7-11-17-27/h7-21,30-33H,4-6,22-26H2,1-3H3/q+1/p+1/t30-,31+,32-,33-/m1/s1. The smallest absolute Gasteiger partial charge is 0.368 e. The molecule has 1 N–H and O–H groups in total. The van der Waals surface area contributed by atoms with Crippen LogP contribution < -0.4 is 0 Å². The molecule has 1 aliphatic heterocycles. The van der Waals surface area contributed by atoms with E-state index in [1.54, 1.807) is 0 Å². The van der Waals surface area contributed by atoms with Crippen LogP contribution in [0.2, 0.25) is 0 Å². The van der Waals surface area contributed by atoms with E-state index in [0.29, 0.717) is 39.5 Å². The molecule has 0 aromatic heterocycles. The van der Waals surface area contributed by atoms with Crippen LogP contribution in [0.4, 0.5) is 0 Å². The van der Waals surface area contributed by atoms with Crippen LogP contribution in [-0.4, -0.2) is 66.4 Å². The van der Waals surface area contributed by atoms with Gasteiger partial charge in [-0.25, -0.2) is 0 Å². The van der Waals surface area contributed by atoms with Crippen molar-refractivity contribution in [1.82, 2.24) is 0 Å². The molecule has 3 aromatic rings. The normalized spacial score (nSPS) is 22.2. The molecule has 1 heterocycles. The van der Waals surface area contributed by atoms with Crippen molar-refractivity contribution in [2.75, 3.05) is 32.4 Å². The first-order valence-electron chi connectivity index (χ1n) is 14.8. The maximum atomic E-state index is 13.6. The predicted molar refractivity (Wildman–Crippen MR) is 162 cm³/mol. The van der Waals surface area contributed by atoms with Crippen molar-refractivity contribution >= 4 is 7.60 Å². The molecule has 4 rings (SSSR count). The molecule has 9 heteroatoms. The Bertz CT molecular complexity index is 1220. The van der Waals surface area contributed by atoms with E-state index in [-0.39, 0.29) is 17.4 Å². The first kappa shape index (κ1) is 32.5. The van der Waals surface area contributed by atoms with Gasteiger partial charge >= 0.3 is 7.60 Å². The molecule has 3 aromatic carbocycles. The second-order valence-electron chi connectivity index (χ2n) is 10.6. The monoisotopic (exact) mass is 598 g/mol. The molecule has 8 nitrogen and oxygen atoms in total. The van der Waals surface area contributed by atoms with Gasteiger partial charge in [0.15, 0.2) is 6.10 Å². The summed E-state index contributed by atoms with van der Waals surface area (Å²) in [5.41, 5.74) is 3.05. The van der Waals surface area contributed by atoms with Crippen molar-refractivity contribution in [3.05, 3.63) is 108 Å². The molecule has 0 amide bonds. The minimum atomic E-state index is -4.08. The second-order valence-corrected chi connectivity index (χ2v) is 12.4. The molecule has 0 aliphatic carbocycles. The summed E-state index contributed by atoms with van der Waals surface area (Å²) >= 11 is 0. The SMILES string of the molecule is CC[N+](CC)(CC)OP(=O)(O)C[C@@H]1O[C@H](C[O+]Cc2ccccc2)[C@@H](OCc2ccccc2)[C@@H]1OCc1ccccc1. The summed E-state index contributed by atoms with van der Waals surface area (Å²) in [4.78, 5) is 11.1. The summed E-state index contributed by atoms with van der Waals surface area (Å²) in [5.74, 6) is 0. The van der Waals surface area contributed by atoms with Crippen LogP contribution in [0, 0.1) is 0 Å². The largest absolute Gasteiger partial charge is 0.382 e. The Labute approximate surface area is 250 Å². The van der Waals surface area contributed by atoms with Crippen molar-refractivity contribution in [3.8, 4) is 0 Å². The van der Waals surface area contributed by atoms with E-state index in [9.17, 15) is 9.46 Å². The third kappa shape index (κ3) is 9.30. The molecular formula is C33H45NO7P+2. The molecule has 42 heavy (non-hydrogen) atoms. The highest BCUT2D eigenvalue weighted by molar-refractivity contribution is 7.52. The van der Waals surface area contributed by atoms with Crippen LogP contribution in [-0.2, 0) is 48.0 Å². The topological polar surface area (TPSA) is 85.5 Å². The summed E-state index contributed by atoms with van der Waals surface area (Å²) in [6.07, 6.45) is -2.60. The molecular weight excluding hydrogens is 553 g/mol. The van der Waals surface area contributed by atoms with Gasteiger partial charge in [0.25, 0.3) is 0 Å². The molecule has 5 atom stereocenters. The molecule has 1 aliphatic rings. The fourth-order valence-corrected chi connectivity index (χ4v) is 6.97. The Hall–Kier alpha value is -2.39. The maximum Gasteiger partial charge on any atom is 0.382 e. The van der Waals surface area contributed by atoms with Crippen LogP contribution in [0.5, 0.6) is 0 Å². The molecule has 227 valence electrons. The summed E-state index contributed by atoms with van der Waals surface area (Å²) in [7, 11) is -4.08. The van der Waals surface area contributed by atoms with Crippen molar-refractivity contribution < 1.29 is 37.7 Å². The van der Waals surface area contributed by atoms with Crippen LogP contribution in [0.3, 0.4) is 0 Å². The van der Waals surface area contributed by atoms with Crippen molar-refractivity contribution in [2.24, 2.45) is 0 Å². The van der Waals surface area contributed by atoms with Gasteiger partial charge in [-0.3, -0.25) is 4.57 Å². The Kier molecular flexibility index (Phi) is 12.3. The molecule has 1 radical (unpaired) electrons. The molecule has 0 spiro atoms. The Morgan fingerprint density at radius 2 is 1.19 bits per heavy atom. The third-order valence-corrected chi connectivity index (χ3v) is 9.23. The van der Waals surface area contributed by atoms with Crippen molar-refractivity contribution in [2.45, 2.75) is 65.0 Å². The molecule has 1 saturated heterocycles. The summed E-state index contributed by atoms with van der Waals surface area (Å²) in [6, 6.07) is 29.7. The number of hydrogen-bond acceptors (Lipinski definition) is 6. The number of ether oxygens (including phenoxy) is 4.